The van der Waals surface area contributed by atoms with E-state index >= 15 is 0 Å². The van der Waals surface area contributed by atoms with Gasteiger partial charge in [-0.3, -0.25) is 10.2 Å². The number of nitrogens with one attached hydrogen (secondary N) is 2. The summed E-state index contributed by atoms with van der Waals surface area (Å²) in [5.74, 6) is -0.252. The van der Waals surface area contributed by atoms with Crippen molar-refractivity contribution in [2.24, 2.45) is 5.92 Å². The highest BCUT2D eigenvalue weighted by Crippen LogP contribution is 2.27. The number of methoxy groups -OCH3 is 1. The molecule has 1 aliphatic rings. The number of carbonyl (C=O) groups is 2. The number of carbonyl (C=O) groups excluding carboxylic acids is 2. The van der Waals surface area contributed by atoms with Crippen LogP contribution in [-0.2, 0) is 14.3 Å². The molecule has 17 heavy (non-hydrogen) atoms. The fraction of sp³-hybridized carbons (Fsp3) is 0.818. The zero-order chi connectivity index (χ0) is 13.1. The highest BCUT2D eigenvalue weighted by atomic mass is 16.6. The van der Waals surface area contributed by atoms with Crippen LogP contribution in [0.4, 0.5) is 4.79 Å². The molecule has 0 heterocycles. The molecule has 2 N–H and O–H groups in total. The monoisotopic (exact) mass is 244 g/mol. The standard InChI is InChI=1S/C11H20N2O4/c1-11(2,3)17-10(15)13-12-8-5-7(6-8)9(14)16-4/h7-8,12H,5-6H2,1-4H3,(H,13,15). The van der Waals surface area contributed by atoms with Gasteiger partial charge in [0.2, 0.25) is 0 Å². The van der Waals surface area contributed by atoms with Crippen LogP contribution in [-0.4, -0.2) is 30.8 Å². The minimum Gasteiger partial charge on any atom is -0.469 e. The third-order valence-electron chi connectivity index (χ3n) is 2.45. The molecule has 6 heteroatoms. The zero-order valence-corrected chi connectivity index (χ0v) is 10.7. The van der Waals surface area contributed by atoms with Gasteiger partial charge in [0.15, 0.2) is 0 Å². The first-order valence-electron chi connectivity index (χ1n) is 5.64. The summed E-state index contributed by atoms with van der Waals surface area (Å²) in [6.07, 6.45) is 0.823. The van der Waals surface area contributed by atoms with Gasteiger partial charge < -0.3 is 9.47 Å². The molecule has 0 spiro atoms. The Labute approximate surface area is 101 Å². The average molecular weight is 244 g/mol. The zero-order valence-electron chi connectivity index (χ0n) is 10.7. The molecule has 1 saturated carbocycles. The van der Waals surface area contributed by atoms with Crippen molar-refractivity contribution in [1.29, 1.82) is 0 Å². The summed E-state index contributed by atoms with van der Waals surface area (Å²) in [5, 5.41) is 0. The van der Waals surface area contributed by atoms with Crippen molar-refractivity contribution in [3.05, 3.63) is 0 Å². The molecule has 1 rings (SSSR count). The van der Waals surface area contributed by atoms with Crippen molar-refractivity contribution in [3.63, 3.8) is 0 Å². The molecule has 1 fully saturated rings. The predicted octanol–water partition coefficient (Wildman–Crippen LogP) is 0.967. The molecule has 0 bridgehead atoms. The molecule has 6 nitrogen and oxygen atoms in total. The fourth-order valence-corrected chi connectivity index (χ4v) is 1.56. The molecule has 0 saturated heterocycles. The lowest BCUT2D eigenvalue weighted by atomic mass is 9.81. The molecule has 1 aliphatic carbocycles. The van der Waals surface area contributed by atoms with E-state index in [-0.39, 0.29) is 17.9 Å². The van der Waals surface area contributed by atoms with Gasteiger partial charge in [0.25, 0.3) is 0 Å². The largest absolute Gasteiger partial charge is 0.469 e. The van der Waals surface area contributed by atoms with Gasteiger partial charge in [0.1, 0.15) is 5.60 Å². The van der Waals surface area contributed by atoms with E-state index in [9.17, 15) is 9.59 Å². The number of esters is 1. The summed E-state index contributed by atoms with van der Waals surface area (Å²) < 4.78 is 9.66. The Morgan fingerprint density at radius 3 is 2.29 bits per heavy atom. The van der Waals surface area contributed by atoms with Gasteiger partial charge in [0.05, 0.1) is 13.0 Å². The van der Waals surface area contributed by atoms with Gasteiger partial charge in [-0.05, 0) is 33.6 Å². The van der Waals surface area contributed by atoms with Crippen LogP contribution in [0, 0.1) is 5.92 Å². The first-order chi connectivity index (χ1) is 7.81. The Balaban J connectivity index is 2.14. The maximum absolute atomic E-state index is 11.3. The molecule has 0 aromatic rings. The van der Waals surface area contributed by atoms with Gasteiger partial charge in [-0.25, -0.2) is 10.2 Å². The predicted molar refractivity (Wildman–Crippen MR) is 61.0 cm³/mol. The van der Waals surface area contributed by atoms with Gasteiger partial charge in [-0.2, -0.15) is 0 Å². The van der Waals surface area contributed by atoms with Gasteiger partial charge in [-0.1, -0.05) is 0 Å². The van der Waals surface area contributed by atoms with Crippen LogP contribution < -0.4 is 10.9 Å². The minimum atomic E-state index is -0.515. The van der Waals surface area contributed by atoms with Gasteiger partial charge in [0, 0.05) is 6.04 Å². The molecule has 0 aromatic carbocycles. The van der Waals surface area contributed by atoms with E-state index in [0.717, 1.165) is 0 Å². The second kappa shape index (κ2) is 5.35. The Morgan fingerprint density at radius 1 is 1.24 bits per heavy atom. The van der Waals surface area contributed by atoms with E-state index in [1.54, 1.807) is 20.8 Å². The van der Waals surface area contributed by atoms with Gasteiger partial charge in [-0.15, -0.1) is 0 Å². The Hall–Kier alpha value is -1.30. The van der Waals surface area contributed by atoms with Crippen LogP contribution in [0.3, 0.4) is 0 Å². The summed E-state index contributed by atoms with van der Waals surface area (Å²) in [6.45, 7) is 5.38. The van der Waals surface area contributed by atoms with Crippen molar-refractivity contribution in [3.8, 4) is 0 Å². The van der Waals surface area contributed by atoms with E-state index in [2.05, 4.69) is 15.6 Å². The van der Waals surface area contributed by atoms with Crippen molar-refractivity contribution >= 4 is 12.1 Å². The van der Waals surface area contributed by atoms with Gasteiger partial charge >= 0.3 is 12.1 Å². The smallest absolute Gasteiger partial charge is 0.422 e. The van der Waals surface area contributed by atoms with Crippen LogP contribution in [0.5, 0.6) is 0 Å². The fourth-order valence-electron chi connectivity index (χ4n) is 1.56. The van der Waals surface area contributed by atoms with Crippen LogP contribution >= 0.6 is 0 Å². The number of amides is 1. The van der Waals surface area contributed by atoms with Crippen LogP contribution in [0.25, 0.3) is 0 Å². The third kappa shape index (κ3) is 4.60. The molecular formula is C11H20N2O4. The first kappa shape index (κ1) is 13.8. The molecular weight excluding hydrogens is 224 g/mol. The lowest BCUT2D eigenvalue weighted by molar-refractivity contribution is -0.149. The van der Waals surface area contributed by atoms with Crippen LogP contribution in [0.15, 0.2) is 0 Å². The number of rotatable bonds is 3. The van der Waals surface area contributed by atoms with Crippen molar-refractivity contribution in [2.75, 3.05) is 7.11 Å². The summed E-state index contributed by atoms with van der Waals surface area (Å²) in [4.78, 5) is 22.4. The number of hydrazine groups is 1. The Kier molecular flexibility index (Phi) is 4.34. The quantitative estimate of drug-likeness (QED) is 0.571. The number of hydrogen-bond acceptors (Lipinski definition) is 5. The summed E-state index contributed by atoms with van der Waals surface area (Å²) in [7, 11) is 1.38. The SMILES string of the molecule is COC(=O)C1CC(NNC(=O)OC(C)(C)C)C1. The molecule has 0 aromatic heterocycles. The van der Waals surface area contributed by atoms with Crippen LogP contribution in [0.1, 0.15) is 33.6 Å². The van der Waals surface area contributed by atoms with Crippen molar-refractivity contribution in [1.82, 2.24) is 10.9 Å². The highest BCUT2D eigenvalue weighted by molar-refractivity contribution is 5.73. The lowest BCUT2D eigenvalue weighted by Crippen LogP contribution is -2.52. The summed E-state index contributed by atoms with van der Waals surface area (Å²) >= 11 is 0. The molecule has 0 radical (unpaired) electrons. The van der Waals surface area contributed by atoms with Crippen LogP contribution in [0.2, 0.25) is 0 Å². The first-order valence-corrected chi connectivity index (χ1v) is 5.64. The third-order valence-corrected chi connectivity index (χ3v) is 2.45. The second-order valence-corrected chi connectivity index (χ2v) is 5.16. The number of ether oxygens (including phenoxy) is 2. The molecule has 0 unspecified atom stereocenters. The van der Waals surface area contributed by atoms with Crippen molar-refractivity contribution < 1.29 is 19.1 Å². The van der Waals surface area contributed by atoms with E-state index in [1.807, 2.05) is 0 Å². The maximum atomic E-state index is 11.3. The molecule has 0 atom stereocenters. The van der Waals surface area contributed by atoms with E-state index in [0.29, 0.717) is 12.8 Å². The minimum absolute atomic E-state index is 0.0575. The number of hydrogen-bond donors (Lipinski definition) is 2. The Bertz CT molecular complexity index is 292. The highest BCUT2D eigenvalue weighted by Gasteiger charge is 2.35. The van der Waals surface area contributed by atoms with E-state index in [4.69, 9.17) is 4.74 Å². The summed E-state index contributed by atoms with van der Waals surface area (Å²) in [5.41, 5.74) is 4.76. The normalized spacial score (nSPS) is 23.5. The van der Waals surface area contributed by atoms with E-state index in [1.165, 1.54) is 7.11 Å². The topological polar surface area (TPSA) is 76.7 Å². The molecule has 1 amide bonds. The molecule has 0 aliphatic heterocycles. The lowest BCUT2D eigenvalue weighted by Gasteiger charge is -2.33. The van der Waals surface area contributed by atoms with E-state index < -0.39 is 11.7 Å². The Morgan fingerprint density at radius 2 is 1.82 bits per heavy atom. The average Bonchev–Trinajstić information content (AvgIpc) is 2.11. The van der Waals surface area contributed by atoms with Crippen molar-refractivity contribution in [2.45, 2.75) is 45.3 Å². The maximum Gasteiger partial charge on any atom is 0.422 e. The second-order valence-electron chi connectivity index (χ2n) is 5.16. The molecule has 98 valence electrons. The summed E-state index contributed by atoms with van der Waals surface area (Å²) in [6, 6.07) is 0.103.